The van der Waals surface area contributed by atoms with Gasteiger partial charge in [0.1, 0.15) is 16.2 Å². The number of fused-ring (bicyclic) bond motifs is 1. The summed E-state index contributed by atoms with van der Waals surface area (Å²) in [5.41, 5.74) is -0.276. The zero-order valence-electron chi connectivity index (χ0n) is 15.4. The highest BCUT2D eigenvalue weighted by molar-refractivity contribution is 7.21. The number of esters is 1. The van der Waals surface area contributed by atoms with E-state index >= 15 is 0 Å². The minimum Gasteiger partial charge on any atom is -0.464 e. The van der Waals surface area contributed by atoms with Gasteiger partial charge in [0.2, 0.25) is 0 Å². The largest absolute Gasteiger partial charge is 0.464 e. The maximum atomic E-state index is 13.2. The molecule has 0 saturated heterocycles. The Morgan fingerprint density at radius 2 is 1.92 bits per heavy atom. The van der Waals surface area contributed by atoms with Crippen LogP contribution in [0.1, 0.15) is 33.5 Å². The number of ether oxygens (including phenoxy) is 1. The molecule has 1 aromatic carbocycles. The van der Waals surface area contributed by atoms with Crippen LogP contribution in [0.4, 0.5) is 0 Å². The molecule has 26 heavy (non-hydrogen) atoms. The van der Waals surface area contributed by atoms with Gasteiger partial charge < -0.3 is 4.74 Å². The second kappa shape index (κ2) is 7.03. The summed E-state index contributed by atoms with van der Waals surface area (Å²) in [6.45, 7) is 7.35. The van der Waals surface area contributed by atoms with E-state index in [1.165, 1.54) is 15.9 Å². The van der Waals surface area contributed by atoms with E-state index in [4.69, 9.17) is 4.74 Å². The minimum atomic E-state index is -1.12. The fourth-order valence-electron chi connectivity index (χ4n) is 2.98. The molecule has 0 aliphatic carbocycles. The Bertz CT molecular complexity index is 1000. The highest BCUT2D eigenvalue weighted by Gasteiger charge is 2.35. The van der Waals surface area contributed by atoms with E-state index in [2.05, 4.69) is 4.98 Å². The van der Waals surface area contributed by atoms with Crippen molar-refractivity contribution in [3.8, 4) is 10.4 Å². The van der Waals surface area contributed by atoms with E-state index < -0.39 is 11.5 Å². The van der Waals surface area contributed by atoms with Crippen LogP contribution >= 0.6 is 11.3 Å². The van der Waals surface area contributed by atoms with Crippen molar-refractivity contribution in [2.45, 2.75) is 39.7 Å². The molecule has 0 spiro atoms. The van der Waals surface area contributed by atoms with Gasteiger partial charge in [0.05, 0.1) is 12.0 Å². The Hall–Kier alpha value is -2.47. The average Bonchev–Trinajstić information content (AvgIpc) is 3.06. The van der Waals surface area contributed by atoms with Crippen LogP contribution in [-0.4, -0.2) is 22.1 Å². The lowest BCUT2D eigenvalue weighted by Gasteiger charge is -2.27. The second-order valence-corrected chi connectivity index (χ2v) is 7.53. The van der Waals surface area contributed by atoms with Crippen LogP contribution in [0.3, 0.4) is 0 Å². The van der Waals surface area contributed by atoms with Crippen molar-refractivity contribution in [3.05, 3.63) is 52.6 Å². The number of carbonyl (C=O) groups is 1. The number of thiophene rings is 1. The fraction of sp³-hybridized carbons (Fsp3) is 0.350. The minimum absolute atomic E-state index is 0.205. The van der Waals surface area contributed by atoms with Gasteiger partial charge in [-0.1, -0.05) is 37.3 Å². The highest BCUT2D eigenvalue weighted by atomic mass is 32.1. The molecule has 0 radical (unpaired) electrons. The van der Waals surface area contributed by atoms with Gasteiger partial charge in [0.25, 0.3) is 5.56 Å². The van der Waals surface area contributed by atoms with Crippen molar-refractivity contribution in [3.63, 3.8) is 0 Å². The Balaban J connectivity index is 2.23. The molecular weight excluding hydrogens is 348 g/mol. The summed E-state index contributed by atoms with van der Waals surface area (Å²) in [5, 5.41) is 0.531. The van der Waals surface area contributed by atoms with Gasteiger partial charge in [-0.15, -0.1) is 11.3 Å². The Morgan fingerprint density at radius 1 is 1.23 bits per heavy atom. The summed E-state index contributed by atoms with van der Waals surface area (Å²) in [4.78, 5) is 32.0. The average molecular weight is 370 g/mol. The van der Waals surface area contributed by atoms with Crippen molar-refractivity contribution < 1.29 is 9.53 Å². The molecule has 5 nitrogen and oxygen atoms in total. The lowest BCUT2D eigenvalue weighted by atomic mass is 10.0. The van der Waals surface area contributed by atoms with Gasteiger partial charge in [-0.3, -0.25) is 9.36 Å². The Kier molecular flexibility index (Phi) is 4.96. The summed E-state index contributed by atoms with van der Waals surface area (Å²) in [6, 6.07) is 11.8. The number of nitrogens with zero attached hydrogens (tertiary/aromatic N) is 2. The molecular formula is C20H22N2O3S. The molecule has 0 fully saturated rings. The number of aryl methyl sites for hydroxylation is 1. The molecule has 0 N–H and O–H groups in total. The zero-order chi connectivity index (χ0) is 18.9. The molecule has 3 aromatic rings. The highest BCUT2D eigenvalue weighted by Crippen LogP contribution is 2.32. The molecule has 2 heterocycles. The summed E-state index contributed by atoms with van der Waals surface area (Å²) >= 11 is 1.49. The number of hydrogen-bond acceptors (Lipinski definition) is 5. The van der Waals surface area contributed by atoms with Crippen molar-refractivity contribution in [1.82, 2.24) is 9.55 Å². The number of hydrogen-bond donors (Lipinski definition) is 0. The quantitative estimate of drug-likeness (QED) is 0.637. The maximum absolute atomic E-state index is 13.2. The summed E-state index contributed by atoms with van der Waals surface area (Å²) < 4.78 is 6.66. The van der Waals surface area contributed by atoms with Crippen molar-refractivity contribution in [2.24, 2.45) is 0 Å². The first-order valence-electron chi connectivity index (χ1n) is 8.68. The first-order chi connectivity index (χ1) is 12.4. The summed E-state index contributed by atoms with van der Waals surface area (Å²) in [7, 11) is 0. The standard InChI is InChI=1S/C20H22N2O3S/c1-5-16-21-17-14(12-15(26-17)13-10-8-7-9-11-13)18(23)22(16)20(3,4)19(24)25-6-2/h7-12H,5-6H2,1-4H3. The normalized spacial score (nSPS) is 11.7. The van der Waals surface area contributed by atoms with E-state index in [9.17, 15) is 9.59 Å². The molecule has 0 unspecified atom stereocenters. The monoisotopic (exact) mass is 370 g/mol. The second-order valence-electron chi connectivity index (χ2n) is 6.50. The topological polar surface area (TPSA) is 61.2 Å². The van der Waals surface area contributed by atoms with E-state index in [1.54, 1.807) is 20.8 Å². The Labute approximate surface area is 156 Å². The number of aromatic nitrogens is 2. The van der Waals surface area contributed by atoms with Gasteiger partial charge in [-0.2, -0.15) is 0 Å². The molecule has 0 amide bonds. The van der Waals surface area contributed by atoms with Gasteiger partial charge in [-0.05, 0) is 32.4 Å². The van der Waals surface area contributed by atoms with E-state index in [0.29, 0.717) is 22.5 Å². The molecule has 3 rings (SSSR count). The molecule has 6 heteroatoms. The third kappa shape index (κ3) is 3.05. The van der Waals surface area contributed by atoms with E-state index in [0.717, 1.165) is 10.4 Å². The molecule has 0 aliphatic heterocycles. The number of benzene rings is 1. The fourth-order valence-corrected chi connectivity index (χ4v) is 4.03. The lowest BCUT2D eigenvalue weighted by molar-refractivity contribution is -0.152. The summed E-state index contributed by atoms with van der Waals surface area (Å²) in [6.07, 6.45) is 0.548. The number of rotatable bonds is 5. The smallest absolute Gasteiger partial charge is 0.331 e. The molecule has 2 aromatic heterocycles. The van der Waals surface area contributed by atoms with Crippen LogP contribution in [0.5, 0.6) is 0 Å². The van der Waals surface area contributed by atoms with Crippen molar-refractivity contribution in [2.75, 3.05) is 6.61 Å². The molecule has 0 bridgehead atoms. The maximum Gasteiger partial charge on any atom is 0.331 e. The van der Waals surface area contributed by atoms with Crippen molar-refractivity contribution >= 4 is 27.5 Å². The van der Waals surface area contributed by atoms with E-state index in [1.807, 2.05) is 43.3 Å². The van der Waals surface area contributed by atoms with Crippen LogP contribution in [0.2, 0.25) is 0 Å². The zero-order valence-corrected chi connectivity index (χ0v) is 16.2. The van der Waals surface area contributed by atoms with Gasteiger partial charge in [0, 0.05) is 11.3 Å². The van der Waals surface area contributed by atoms with Crippen LogP contribution < -0.4 is 5.56 Å². The first kappa shape index (κ1) is 18.3. The molecule has 0 aliphatic rings. The molecule has 0 saturated carbocycles. The van der Waals surface area contributed by atoms with Crippen LogP contribution in [0.15, 0.2) is 41.2 Å². The molecule has 136 valence electrons. The van der Waals surface area contributed by atoms with Gasteiger partial charge in [0.15, 0.2) is 0 Å². The van der Waals surface area contributed by atoms with Crippen molar-refractivity contribution in [1.29, 1.82) is 0 Å². The number of carbonyl (C=O) groups excluding carboxylic acids is 1. The van der Waals surface area contributed by atoms with Crippen LogP contribution in [0.25, 0.3) is 20.7 Å². The van der Waals surface area contributed by atoms with E-state index in [-0.39, 0.29) is 12.2 Å². The molecule has 0 atom stereocenters. The van der Waals surface area contributed by atoms with Crippen LogP contribution in [-0.2, 0) is 21.5 Å². The first-order valence-corrected chi connectivity index (χ1v) is 9.50. The van der Waals surface area contributed by atoms with Gasteiger partial charge in [-0.25, -0.2) is 9.78 Å². The lowest BCUT2D eigenvalue weighted by Crippen LogP contribution is -2.45. The van der Waals surface area contributed by atoms with Gasteiger partial charge >= 0.3 is 5.97 Å². The third-order valence-corrected chi connectivity index (χ3v) is 5.42. The van der Waals surface area contributed by atoms with Crippen LogP contribution in [0, 0.1) is 0 Å². The SMILES string of the molecule is CCOC(=O)C(C)(C)n1c(CC)nc2sc(-c3ccccc3)cc2c1=O. The summed E-state index contributed by atoms with van der Waals surface area (Å²) in [5.74, 6) is 0.151. The predicted molar refractivity (Wildman–Crippen MR) is 105 cm³/mol. The third-order valence-electron chi connectivity index (χ3n) is 4.34. The predicted octanol–water partition coefficient (Wildman–Crippen LogP) is 3.99. The Morgan fingerprint density at radius 3 is 2.54 bits per heavy atom.